The molecule has 0 aliphatic heterocycles. The lowest BCUT2D eigenvalue weighted by Gasteiger charge is -2.11. The van der Waals surface area contributed by atoms with Crippen LogP contribution in [0.3, 0.4) is 0 Å². The molecule has 8 heteroatoms. The number of carbonyl (C=O) groups excluding carboxylic acids is 2. The summed E-state index contributed by atoms with van der Waals surface area (Å²) in [6.07, 6.45) is 0. The van der Waals surface area contributed by atoms with Crippen LogP contribution in [-0.2, 0) is 11.3 Å². The minimum atomic E-state index is -0.448. The fourth-order valence-corrected chi connectivity index (χ4v) is 2.88. The Morgan fingerprint density at radius 3 is 2.55 bits per heavy atom. The van der Waals surface area contributed by atoms with E-state index in [-0.39, 0.29) is 36.7 Å². The maximum Gasteiger partial charge on any atom is 0.261 e. The molecule has 0 aliphatic carbocycles. The van der Waals surface area contributed by atoms with Crippen molar-refractivity contribution in [2.24, 2.45) is 0 Å². The molecule has 150 valence electrons. The van der Waals surface area contributed by atoms with E-state index in [1.165, 1.54) is 22.8 Å². The van der Waals surface area contributed by atoms with Gasteiger partial charge in [-0.1, -0.05) is 18.2 Å². The van der Waals surface area contributed by atoms with E-state index in [1.54, 1.807) is 38.1 Å². The summed E-state index contributed by atoms with van der Waals surface area (Å²) >= 11 is 0. The largest absolute Gasteiger partial charge is 0.353 e. The van der Waals surface area contributed by atoms with Gasteiger partial charge in [-0.15, -0.1) is 0 Å². The third-order valence-corrected chi connectivity index (χ3v) is 4.52. The summed E-state index contributed by atoms with van der Waals surface area (Å²) in [4.78, 5) is 41.1. The van der Waals surface area contributed by atoms with Gasteiger partial charge in [0.25, 0.3) is 11.5 Å². The fraction of sp³-hybridized carbons (Fsp3) is 0.238. The Morgan fingerprint density at radius 2 is 1.79 bits per heavy atom. The highest BCUT2D eigenvalue weighted by atomic mass is 19.1. The number of benzene rings is 2. The SMILES string of the molecule is Cc1ccc(C(=O)NCCNC(=O)Cn2c(C)nc3ccccc3c2=O)cc1F. The van der Waals surface area contributed by atoms with Crippen molar-refractivity contribution in [3.8, 4) is 0 Å². The van der Waals surface area contributed by atoms with Crippen LogP contribution in [0.2, 0.25) is 0 Å². The number of halogens is 1. The number of amides is 2. The molecule has 7 nitrogen and oxygen atoms in total. The van der Waals surface area contributed by atoms with Crippen molar-refractivity contribution >= 4 is 22.7 Å². The highest BCUT2D eigenvalue weighted by molar-refractivity contribution is 5.94. The minimum Gasteiger partial charge on any atom is -0.353 e. The van der Waals surface area contributed by atoms with Crippen LogP contribution >= 0.6 is 0 Å². The molecule has 2 aromatic carbocycles. The van der Waals surface area contributed by atoms with Crippen LogP contribution < -0.4 is 16.2 Å². The van der Waals surface area contributed by atoms with E-state index in [2.05, 4.69) is 15.6 Å². The number of nitrogens with one attached hydrogen (secondary N) is 2. The van der Waals surface area contributed by atoms with Crippen LogP contribution in [0.4, 0.5) is 4.39 Å². The molecular formula is C21H21FN4O3. The number of carbonyl (C=O) groups is 2. The van der Waals surface area contributed by atoms with Gasteiger partial charge in [-0.25, -0.2) is 9.37 Å². The highest BCUT2D eigenvalue weighted by Crippen LogP contribution is 2.09. The Morgan fingerprint density at radius 1 is 1.07 bits per heavy atom. The van der Waals surface area contributed by atoms with Crippen LogP contribution in [0.1, 0.15) is 21.7 Å². The number of nitrogens with zero attached hydrogens (tertiary/aromatic N) is 2. The van der Waals surface area contributed by atoms with E-state index < -0.39 is 11.7 Å². The van der Waals surface area contributed by atoms with Gasteiger partial charge in [0.15, 0.2) is 0 Å². The monoisotopic (exact) mass is 396 g/mol. The van der Waals surface area contributed by atoms with E-state index in [4.69, 9.17) is 0 Å². The number of aromatic nitrogens is 2. The molecular weight excluding hydrogens is 375 g/mol. The lowest BCUT2D eigenvalue weighted by Crippen LogP contribution is -2.38. The predicted octanol–water partition coefficient (Wildman–Crippen LogP) is 1.70. The summed E-state index contributed by atoms with van der Waals surface area (Å²) in [6, 6.07) is 11.2. The van der Waals surface area contributed by atoms with E-state index >= 15 is 0 Å². The summed E-state index contributed by atoms with van der Waals surface area (Å²) in [6.45, 7) is 3.46. The summed E-state index contributed by atoms with van der Waals surface area (Å²) in [5.41, 5.74) is 0.978. The van der Waals surface area contributed by atoms with Gasteiger partial charge in [0.1, 0.15) is 18.2 Å². The Bertz CT molecular complexity index is 1140. The van der Waals surface area contributed by atoms with Gasteiger partial charge in [0.05, 0.1) is 10.9 Å². The van der Waals surface area contributed by atoms with Crippen molar-refractivity contribution < 1.29 is 14.0 Å². The first kappa shape index (κ1) is 20.2. The van der Waals surface area contributed by atoms with Gasteiger partial charge in [0, 0.05) is 18.7 Å². The lowest BCUT2D eigenvalue weighted by molar-refractivity contribution is -0.121. The smallest absolute Gasteiger partial charge is 0.261 e. The number of aryl methyl sites for hydroxylation is 2. The van der Waals surface area contributed by atoms with E-state index in [9.17, 15) is 18.8 Å². The standard InChI is InChI=1S/C21H21FN4O3/c1-13-7-8-15(11-17(13)22)20(28)24-10-9-23-19(27)12-26-14(2)25-18-6-4-3-5-16(18)21(26)29/h3-8,11H,9-10,12H2,1-2H3,(H,23,27)(H,24,28). The van der Waals surface area contributed by atoms with E-state index in [0.29, 0.717) is 22.3 Å². The maximum absolute atomic E-state index is 13.5. The topological polar surface area (TPSA) is 93.1 Å². The van der Waals surface area contributed by atoms with Crippen molar-refractivity contribution in [1.29, 1.82) is 0 Å². The first-order valence-corrected chi connectivity index (χ1v) is 9.14. The number of hydrogen-bond acceptors (Lipinski definition) is 4. The fourth-order valence-electron chi connectivity index (χ4n) is 2.88. The van der Waals surface area contributed by atoms with Crippen LogP contribution in [0.5, 0.6) is 0 Å². The normalized spacial score (nSPS) is 10.7. The van der Waals surface area contributed by atoms with E-state index in [0.717, 1.165) is 0 Å². The first-order chi connectivity index (χ1) is 13.9. The van der Waals surface area contributed by atoms with Crippen molar-refractivity contribution in [2.75, 3.05) is 13.1 Å². The quantitative estimate of drug-likeness (QED) is 0.620. The minimum absolute atomic E-state index is 0.167. The summed E-state index contributed by atoms with van der Waals surface area (Å²) < 4.78 is 14.8. The maximum atomic E-state index is 13.5. The van der Waals surface area contributed by atoms with Crippen molar-refractivity contribution in [1.82, 2.24) is 20.2 Å². The molecule has 0 bridgehead atoms. The molecule has 29 heavy (non-hydrogen) atoms. The number of rotatable bonds is 6. The zero-order valence-electron chi connectivity index (χ0n) is 16.2. The average Bonchev–Trinajstić information content (AvgIpc) is 2.70. The highest BCUT2D eigenvalue weighted by Gasteiger charge is 2.12. The van der Waals surface area contributed by atoms with Gasteiger partial charge in [0.2, 0.25) is 5.91 Å². The molecule has 0 unspecified atom stereocenters. The van der Waals surface area contributed by atoms with Crippen LogP contribution in [0.25, 0.3) is 10.9 Å². The molecule has 0 spiro atoms. The van der Waals surface area contributed by atoms with Gasteiger partial charge in [-0.3, -0.25) is 19.0 Å². The molecule has 0 aliphatic rings. The second-order valence-corrected chi connectivity index (χ2v) is 6.64. The second-order valence-electron chi connectivity index (χ2n) is 6.64. The second kappa shape index (κ2) is 8.64. The molecule has 0 fully saturated rings. The molecule has 2 N–H and O–H groups in total. The van der Waals surface area contributed by atoms with Crippen LogP contribution in [0.15, 0.2) is 47.3 Å². The summed E-state index contributed by atoms with van der Waals surface area (Å²) in [5.74, 6) is -0.804. The molecule has 3 rings (SSSR count). The lowest BCUT2D eigenvalue weighted by atomic mass is 10.1. The zero-order chi connectivity index (χ0) is 21.0. The number of hydrogen-bond donors (Lipinski definition) is 2. The number of para-hydroxylation sites is 1. The Hall–Kier alpha value is -3.55. The van der Waals surface area contributed by atoms with Crippen molar-refractivity contribution in [3.05, 3.63) is 75.6 Å². The third-order valence-electron chi connectivity index (χ3n) is 4.52. The molecule has 0 saturated carbocycles. The zero-order valence-corrected chi connectivity index (χ0v) is 16.2. The van der Waals surface area contributed by atoms with E-state index in [1.807, 2.05) is 0 Å². The Kier molecular flexibility index (Phi) is 6.01. The van der Waals surface area contributed by atoms with Gasteiger partial charge in [-0.2, -0.15) is 0 Å². The molecule has 3 aromatic rings. The molecule has 0 saturated heterocycles. The molecule has 2 amide bonds. The molecule has 1 heterocycles. The Balaban J connectivity index is 1.54. The van der Waals surface area contributed by atoms with Gasteiger partial charge < -0.3 is 10.6 Å². The summed E-state index contributed by atoms with van der Waals surface area (Å²) in [7, 11) is 0. The molecule has 1 aromatic heterocycles. The summed E-state index contributed by atoms with van der Waals surface area (Å²) in [5, 5.41) is 5.70. The van der Waals surface area contributed by atoms with Crippen molar-refractivity contribution in [2.45, 2.75) is 20.4 Å². The molecule has 0 atom stereocenters. The Labute approximate surface area is 166 Å². The number of fused-ring (bicyclic) bond motifs is 1. The van der Waals surface area contributed by atoms with Crippen LogP contribution in [-0.4, -0.2) is 34.5 Å². The van der Waals surface area contributed by atoms with Gasteiger partial charge >= 0.3 is 0 Å². The molecule has 0 radical (unpaired) electrons. The predicted molar refractivity (Wildman–Crippen MR) is 107 cm³/mol. The third kappa shape index (κ3) is 4.66. The van der Waals surface area contributed by atoms with Crippen LogP contribution in [0, 0.1) is 19.7 Å². The average molecular weight is 396 g/mol. The van der Waals surface area contributed by atoms with Crippen molar-refractivity contribution in [3.63, 3.8) is 0 Å². The first-order valence-electron chi connectivity index (χ1n) is 9.14. The van der Waals surface area contributed by atoms with Gasteiger partial charge in [-0.05, 0) is 43.7 Å².